The Balaban J connectivity index is 2.13. The molecule has 19 heavy (non-hydrogen) atoms. The second-order valence-electron chi connectivity index (χ2n) is 4.04. The molecule has 100 valence electrons. The highest BCUT2D eigenvalue weighted by Crippen LogP contribution is 2.14. The van der Waals surface area contributed by atoms with Gasteiger partial charge in [0.05, 0.1) is 11.1 Å². The molecule has 0 aromatic carbocycles. The molecule has 6 nitrogen and oxygen atoms in total. The summed E-state index contributed by atoms with van der Waals surface area (Å²) in [5.74, 6) is 0.455. The molecule has 0 unspecified atom stereocenters. The number of carbonyl (C=O) groups is 1. The molecule has 0 bridgehead atoms. The van der Waals surface area contributed by atoms with Gasteiger partial charge in [-0.15, -0.1) is 0 Å². The molecule has 1 atom stereocenters. The Morgan fingerprint density at radius 1 is 1.47 bits per heavy atom. The van der Waals surface area contributed by atoms with Crippen LogP contribution < -0.4 is 5.32 Å². The number of amides is 1. The Bertz CT molecular complexity index is 566. The Labute approximate surface area is 115 Å². The van der Waals surface area contributed by atoms with Crippen LogP contribution in [0.1, 0.15) is 35.7 Å². The fourth-order valence-electron chi connectivity index (χ4n) is 1.71. The zero-order chi connectivity index (χ0) is 13.8. The lowest BCUT2D eigenvalue weighted by Gasteiger charge is -2.15. The van der Waals surface area contributed by atoms with Gasteiger partial charge in [-0.25, -0.2) is 9.97 Å². The maximum atomic E-state index is 12.1. The Morgan fingerprint density at radius 3 is 2.79 bits per heavy atom. The summed E-state index contributed by atoms with van der Waals surface area (Å²) in [5.41, 5.74) is 0.324. The summed E-state index contributed by atoms with van der Waals surface area (Å²) in [6.45, 7) is 1.97. The van der Waals surface area contributed by atoms with E-state index in [4.69, 9.17) is 11.6 Å². The molecule has 0 spiro atoms. The third-order valence-electron chi connectivity index (χ3n) is 2.73. The van der Waals surface area contributed by atoms with Crippen molar-refractivity contribution in [2.45, 2.75) is 19.4 Å². The summed E-state index contributed by atoms with van der Waals surface area (Å²) in [7, 11) is 1.79. The van der Waals surface area contributed by atoms with Crippen molar-refractivity contribution in [3.8, 4) is 0 Å². The third kappa shape index (κ3) is 3.08. The SMILES string of the molecule is CC[C@H](NC(=O)c1ccc(Cl)cn1)c1ncnn1C. The minimum Gasteiger partial charge on any atom is -0.341 e. The number of nitrogens with one attached hydrogen (secondary N) is 1. The molecule has 0 saturated carbocycles. The number of halogens is 1. The first kappa shape index (κ1) is 13.5. The van der Waals surface area contributed by atoms with Gasteiger partial charge in [-0.3, -0.25) is 9.48 Å². The lowest BCUT2D eigenvalue weighted by atomic mass is 10.2. The van der Waals surface area contributed by atoms with E-state index in [2.05, 4.69) is 20.4 Å². The van der Waals surface area contributed by atoms with Crippen LogP contribution in [-0.4, -0.2) is 25.7 Å². The van der Waals surface area contributed by atoms with E-state index >= 15 is 0 Å². The smallest absolute Gasteiger partial charge is 0.270 e. The summed E-state index contributed by atoms with van der Waals surface area (Å²) >= 11 is 5.74. The predicted octanol–water partition coefficient (Wildman–Crippen LogP) is 1.74. The molecule has 1 N–H and O–H groups in total. The van der Waals surface area contributed by atoms with E-state index in [0.717, 1.165) is 0 Å². The maximum Gasteiger partial charge on any atom is 0.270 e. The van der Waals surface area contributed by atoms with Crippen molar-refractivity contribution in [3.63, 3.8) is 0 Å². The number of nitrogens with zero attached hydrogens (tertiary/aromatic N) is 4. The van der Waals surface area contributed by atoms with E-state index in [9.17, 15) is 4.79 Å². The molecule has 0 saturated heterocycles. The van der Waals surface area contributed by atoms with Crippen LogP contribution in [0.25, 0.3) is 0 Å². The molecule has 0 aliphatic heterocycles. The van der Waals surface area contributed by atoms with Crippen molar-refractivity contribution in [2.75, 3.05) is 0 Å². The van der Waals surface area contributed by atoms with Gasteiger partial charge in [-0.05, 0) is 18.6 Å². The van der Waals surface area contributed by atoms with Crippen molar-refractivity contribution in [2.24, 2.45) is 7.05 Å². The van der Waals surface area contributed by atoms with Crippen LogP contribution in [0.5, 0.6) is 0 Å². The molecule has 0 radical (unpaired) electrons. The van der Waals surface area contributed by atoms with Gasteiger partial charge in [0, 0.05) is 13.2 Å². The molecule has 7 heteroatoms. The third-order valence-corrected chi connectivity index (χ3v) is 2.96. The van der Waals surface area contributed by atoms with Gasteiger partial charge >= 0.3 is 0 Å². The van der Waals surface area contributed by atoms with Gasteiger partial charge in [0.15, 0.2) is 0 Å². The quantitative estimate of drug-likeness (QED) is 0.925. The Hall–Kier alpha value is -1.95. The summed E-state index contributed by atoms with van der Waals surface area (Å²) in [6.07, 6.45) is 3.62. The van der Waals surface area contributed by atoms with E-state index in [0.29, 0.717) is 23.0 Å². The number of hydrogen-bond donors (Lipinski definition) is 1. The first-order valence-electron chi connectivity index (χ1n) is 5.88. The highest BCUT2D eigenvalue weighted by atomic mass is 35.5. The maximum absolute atomic E-state index is 12.1. The van der Waals surface area contributed by atoms with Gasteiger partial charge in [0.2, 0.25) is 0 Å². The number of aryl methyl sites for hydroxylation is 1. The summed E-state index contributed by atoms with van der Waals surface area (Å²) in [4.78, 5) is 20.2. The Morgan fingerprint density at radius 2 is 2.26 bits per heavy atom. The standard InChI is InChI=1S/C12H14ClN5O/c1-3-9(11-15-7-16-18(11)2)17-12(19)10-5-4-8(13)6-14-10/h4-7,9H,3H2,1-2H3,(H,17,19)/t9-/m0/s1. The minimum atomic E-state index is -0.258. The molecular weight excluding hydrogens is 266 g/mol. The van der Waals surface area contributed by atoms with Crippen molar-refractivity contribution in [1.29, 1.82) is 0 Å². The first-order chi connectivity index (χ1) is 9.11. The second kappa shape index (κ2) is 5.79. The average molecular weight is 280 g/mol. The average Bonchev–Trinajstić information content (AvgIpc) is 2.83. The van der Waals surface area contributed by atoms with Crippen LogP contribution in [0.15, 0.2) is 24.7 Å². The lowest BCUT2D eigenvalue weighted by molar-refractivity contribution is 0.0928. The normalized spacial score (nSPS) is 12.2. The molecule has 2 rings (SSSR count). The van der Waals surface area contributed by atoms with Crippen LogP contribution in [0.4, 0.5) is 0 Å². The molecule has 2 heterocycles. The van der Waals surface area contributed by atoms with Gasteiger partial charge in [0.25, 0.3) is 5.91 Å². The van der Waals surface area contributed by atoms with E-state index in [1.165, 1.54) is 12.5 Å². The van der Waals surface area contributed by atoms with Crippen molar-refractivity contribution >= 4 is 17.5 Å². The summed E-state index contributed by atoms with van der Waals surface area (Å²) < 4.78 is 1.64. The molecular formula is C12H14ClN5O. The van der Waals surface area contributed by atoms with Gasteiger partial charge in [0.1, 0.15) is 17.8 Å². The van der Waals surface area contributed by atoms with E-state index in [1.807, 2.05) is 6.92 Å². The molecule has 0 fully saturated rings. The van der Waals surface area contributed by atoms with E-state index in [-0.39, 0.29) is 11.9 Å². The second-order valence-corrected chi connectivity index (χ2v) is 4.47. The zero-order valence-corrected chi connectivity index (χ0v) is 11.4. The van der Waals surface area contributed by atoms with E-state index in [1.54, 1.807) is 23.9 Å². The largest absolute Gasteiger partial charge is 0.341 e. The van der Waals surface area contributed by atoms with Crippen molar-refractivity contribution in [1.82, 2.24) is 25.1 Å². The number of carbonyl (C=O) groups excluding carboxylic acids is 1. The van der Waals surface area contributed by atoms with E-state index < -0.39 is 0 Å². The first-order valence-corrected chi connectivity index (χ1v) is 6.26. The summed E-state index contributed by atoms with van der Waals surface area (Å²) in [5, 5.41) is 7.37. The van der Waals surface area contributed by atoms with Crippen LogP contribution in [-0.2, 0) is 7.05 Å². The number of aromatic nitrogens is 4. The van der Waals surface area contributed by atoms with Crippen molar-refractivity contribution < 1.29 is 4.79 Å². The predicted molar refractivity (Wildman–Crippen MR) is 70.7 cm³/mol. The Kier molecular flexibility index (Phi) is 4.11. The van der Waals surface area contributed by atoms with Crippen LogP contribution in [0, 0.1) is 0 Å². The molecule has 2 aromatic heterocycles. The fraction of sp³-hybridized carbons (Fsp3) is 0.333. The van der Waals surface area contributed by atoms with Crippen LogP contribution in [0.3, 0.4) is 0 Å². The molecule has 0 aliphatic carbocycles. The molecule has 2 aromatic rings. The zero-order valence-electron chi connectivity index (χ0n) is 10.7. The van der Waals surface area contributed by atoms with Crippen LogP contribution in [0.2, 0.25) is 5.02 Å². The topological polar surface area (TPSA) is 72.7 Å². The monoisotopic (exact) mass is 279 g/mol. The highest BCUT2D eigenvalue weighted by molar-refractivity contribution is 6.30. The van der Waals surface area contributed by atoms with Crippen molar-refractivity contribution in [3.05, 3.63) is 41.2 Å². The van der Waals surface area contributed by atoms with Gasteiger partial charge in [-0.1, -0.05) is 18.5 Å². The molecule has 1 amide bonds. The minimum absolute atomic E-state index is 0.197. The lowest BCUT2D eigenvalue weighted by Crippen LogP contribution is -2.30. The number of hydrogen-bond acceptors (Lipinski definition) is 4. The van der Waals surface area contributed by atoms with Gasteiger partial charge < -0.3 is 5.32 Å². The molecule has 0 aliphatic rings. The number of pyridine rings is 1. The fourth-order valence-corrected chi connectivity index (χ4v) is 1.82. The van der Waals surface area contributed by atoms with Gasteiger partial charge in [-0.2, -0.15) is 5.10 Å². The number of rotatable bonds is 4. The highest BCUT2D eigenvalue weighted by Gasteiger charge is 2.18. The summed E-state index contributed by atoms with van der Waals surface area (Å²) in [6, 6.07) is 3.02. The van der Waals surface area contributed by atoms with Crippen LogP contribution >= 0.6 is 11.6 Å².